The highest BCUT2D eigenvalue weighted by Crippen LogP contribution is 2.04. The van der Waals surface area contributed by atoms with E-state index in [0.29, 0.717) is 6.54 Å². The maximum absolute atomic E-state index is 8.57. The van der Waals surface area contributed by atoms with Crippen molar-refractivity contribution < 1.29 is 4.79 Å². The zero-order chi connectivity index (χ0) is 10.1. The Morgan fingerprint density at radius 3 is 2.46 bits per heavy atom. The van der Waals surface area contributed by atoms with Gasteiger partial charge in [0.15, 0.2) is 0 Å². The molecule has 1 rings (SSSR count). The summed E-state index contributed by atoms with van der Waals surface area (Å²) in [7, 11) is 0. The van der Waals surface area contributed by atoms with Gasteiger partial charge in [-0.1, -0.05) is 31.2 Å². The highest BCUT2D eigenvalue weighted by Gasteiger charge is 1.89. The van der Waals surface area contributed by atoms with Gasteiger partial charge in [0, 0.05) is 6.54 Å². The van der Waals surface area contributed by atoms with Gasteiger partial charge in [-0.25, -0.2) is 4.79 Å². The van der Waals surface area contributed by atoms with Crippen LogP contribution in [0.1, 0.15) is 18.1 Å². The van der Waals surface area contributed by atoms with Gasteiger partial charge in [-0.15, -0.1) is 0 Å². The average molecular weight is 177 g/mol. The van der Waals surface area contributed by atoms with E-state index in [4.69, 9.17) is 10.5 Å². The topological polar surface area (TPSA) is 43.1 Å². The molecule has 0 heterocycles. The molecular weight excluding hydrogens is 162 g/mol. The Labute approximate surface area is 79.1 Å². The van der Waals surface area contributed by atoms with Crippen LogP contribution in [0.5, 0.6) is 0 Å². The molecule has 1 aromatic rings. The first-order valence-electron chi connectivity index (χ1n) is 4.20. The third-order valence-electron chi connectivity index (χ3n) is 1.64. The molecule has 0 aliphatic carbocycles. The molecule has 0 fully saturated rings. The lowest BCUT2D eigenvalue weighted by Gasteiger charge is -1.98. The van der Waals surface area contributed by atoms with Gasteiger partial charge in [0.2, 0.25) is 0 Å². The third-order valence-corrected chi connectivity index (χ3v) is 1.64. The van der Waals surface area contributed by atoms with E-state index in [9.17, 15) is 0 Å². The van der Waals surface area contributed by atoms with Crippen molar-refractivity contribution in [2.24, 2.45) is 5.73 Å². The minimum absolute atomic E-state index is 0.647. The van der Waals surface area contributed by atoms with Crippen molar-refractivity contribution in [1.29, 1.82) is 0 Å². The van der Waals surface area contributed by atoms with Gasteiger partial charge in [0.1, 0.15) is 5.94 Å². The predicted molar refractivity (Wildman–Crippen MR) is 55.0 cm³/mol. The average Bonchev–Trinajstić information content (AvgIpc) is 2.19. The lowest BCUT2D eigenvalue weighted by Crippen LogP contribution is -1.96. The van der Waals surface area contributed by atoms with E-state index in [1.54, 1.807) is 0 Å². The summed E-state index contributed by atoms with van der Waals surface area (Å²) in [5.41, 5.74) is 8.06. The van der Waals surface area contributed by atoms with Crippen molar-refractivity contribution in [1.82, 2.24) is 0 Å². The molecule has 0 atom stereocenters. The number of nitrogens with two attached hydrogens (primary N) is 1. The summed E-state index contributed by atoms with van der Waals surface area (Å²) in [6, 6.07) is 8.39. The second-order valence-corrected chi connectivity index (χ2v) is 2.52. The standard InChI is InChI=1S/C9H13N.C2H2O/c1-2-8-4-3-5-9(6-8)7-10;1-2-3/h3-6H,2,7,10H2,1H3;1H2. The van der Waals surface area contributed by atoms with Gasteiger partial charge in [-0.3, -0.25) is 0 Å². The van der Waals surface area contributed by atoms with Crippen molar-refractivity contribution >= 4 is 5.94 Å². The maximum atomic E-state index is 8.57. The second kappa shape index (κ2) is 7.29. The van der Waals surface area contributed by atoms with Gasteiger partial charge in [-0.2, -0.15) is 0 Å². The fourth-order valence-corrected chi connectivity index (χ4v) is 0.977. The highest BCUT2D eigenvalue weighted by molar-refractivity contribution is 5.38. The number of hydrogen-bond donors (Lipinski definition) is 1. The first kappa shape index (κ1) is 11.6. The van der Waals surface area contributed by atoms with E-state index >= 15 is 0 Å². The Morgan fingerprint density at radius 1 is 1.46 bits per heavy atom. The first-order valence-corrected chi connectivity index (χ1v) is 4.20. The minimum Gasteiger partial charge on any atom is -0.326 e. The zero-order valence-corrected chi connectivity index (χ0v) is 7.92. The van der Waals surface area contributed by atoms with E-state index in [-0.39, 0.29) is 0 Å². The molecule has 0 saturated heterocycles. The molecular formula is C11H15NO. The third kappa shape index (κ3) is 4.96. The second-order valence-electron chi connectivity index (χ2n) is 2.52. The van der Waals surface area contributed by atoms with Gasteiger partial charge in [0.25, 0.3) is 0 Å². The Balaban J connectivity index is 0.000000424. The fraction of sp³-hybridized carbons (Fsp3) is 0.273. The largest absolute Gasteiger partial charge is 0.326 e. The van der Waals surface area contributed by atoms with Crippen LogP contribution in [0, 0.1) is 0 Å². The summed E-state index contributed by atoms with van der Waals surface area (Å²) in [5.74, 6) is 1.25. The van der Waals surface area contributed by atoms with Gasteiger partial charge in [0.05, 0.1) is 0 Å². The van der Waals surface area contributed by atoms with Crippen LogP contribution in [-0.4, -0.2) is 5.94 Å². The molecule has 0 saturated carbocycles. The van der Waals surface area contributed by atoms with Crippen molar-refractivity contribution in [3.63, 3.8) is 0 Å². The number of rotatable bonds is 2. The van der Waals surface area contributed by atoms with Crippen LogP contribution in [0.25, 0.3) is 0 Å². The summed E-state index contributed by atoms with van der Waals surface area (Å²) in [6.45, 7) is 5.48. The van der Waals surface area contributed by atoms with Crippen LogP contribution >= 0.6 is 0 Å². The number of carbonyl (C=O) groups excluding carboxylic acids is 1. The van der Waals surface area contributed by atoms with Crippen molar-refractivity contribution in [3.8, 4) is 0 Å². The summed E-state index contributed by atoms with van der Waals surface area (Å²) in [6.07, 6.45) is 1.09. The van der Waals surface area contributed by atoms with Crippen LogP contribution in [0.3, 0.4) is 0 Å². The molecule has 0 spiro atoms. The van der Waals surface area contributed by atoms with E-state index in [0.717, 1.165) is 6.42 Å². The Hall–Kier alpha value is -1.37. The highest BCUT2D eigenvalue weighted by atomic mass is 16.1. The molecule has 0 unspecified atom stereocenters. The summed E-state index contributed by atoms with van der Waals surface area (Å²) >= 11 is 0. The smallest absolute Gasteiger partial charge is 0.116 e. The normalized spacial score (nSPS) is 8.15. The van der Waals surface area contributed by atoms with Crippen LogP contribution in [0.2, 0.25) is 0 Å². The van der Waals surface area contributed by atoms with Gasteiger partial charge >= 0.3 is 0 Å². The summed E-state index contributed by atoms with van der Waals surface area (Å²) in [5, 5.41) is 0. The quantitative estimate of drug-likeness (QED) is 0.699. The van der Waals surface area contributed by atoms with E-state index < -0.39 is 0 Å². The molecule has 0 aromatic heterocycles. The van der Waals surface area contributed by atoms with E-state index in [2.05, 4.69) is 37.8 Å². The van der Waals surface area contributed by atoms with Crippen LogP contribution < -0.4 is 5.73 Å². The number of hydrogen-bond acceptors (Lipinski definition) is 2. The molecule has 0 aliphatic rings. The molecule has 2 heteroatoms. The first-order chi connectivity index (χ1) is 6.28. The van der Waals surface area contributed by atoms with Crippen molar-refractivity contribution in [2.75, 3.05) is 0 Å². The molecule has 0 amide bonds. The summed E-state index contributed by atoms with van der Waals surface area (Å²) < 4.78 is 0. The molecule has 2 nitrogen and oxygen atoms in total. The molecule has 0 bridgehead atoms. The van der Waals surface area contributed by atoms with Crippen LogP contribution in [0.15, 0.2) is 30.8 Å². The van der Waals surface area contributed by atoms with Gasteiger partial charge in [-0.05, 0) is 24.1 Å². The maximum Gasteiger partial charge on any atom is 0.116 e. The van der Waals surface area contributed by atoms with Gasteiger partial charge < -0.3 is 5.73 Å². The van der Waals surface area contributed by atoms with E-state index in [1.807, 2.05) is 0 Å². The van der Waals surface area contributed by atoms with Crippen LogP contribution in [0.4, 0.5) is 0 Å². The molecule has 13 heavy (non-hydrogen) atoms. The predicted octanol–water partition coefficient (Wildman–Crippen LogP) is 1.71. The molecule has 2 N–H and O–H groups in total. The molecule has 1 aromatic carbocycles. The lowest BCUT2D eigenvalue weighted by atomic mass is 10.1. The molecule has 70 valence electrons. The number of benzene rings is 1. The summed E-state index contributed by atoms with van der Waals surface area (Å²) in [4.78, 5) is 8.57. The van der Waals surface area contributed by atoms with Crippen molar-refractivity contribution in [2.45, 2.75) is 19.9 Å². The van der Waals surface area contributed by atoms with Crippen molar-refractivity contribution in [3.05, 3.63) is 42.0 Å². The Bertz CT molecular complexity index is 256. The van der Waals surface area contributed by atoms with Crippen LogP contribution in [-0.2, 0) is 17.8 Å². The fourth-order valence-electron chi connectivity index (χ4n) is 0.977. The Kier molecular flexibility index (Phi) is 6.52. The molecule has 0 aliphatic heterocycles. The SMILES string of the molecule is C=C=O.CCc1cccc(CN)c1. The zero-order valence-electron chi connectivity index (χ0n) is 7.92. The number of aryl methyl sites for hydroxylation is 1. The lowest BCUT2D eigenvalue weighted by molar-refractivity contribution is 0.569. The Morgan fingerprint density at radius 2 is 2.00 bits per heavy atom. The van der Waals surface area contributed by atoms with E-state index in [1.165, 1.54) is 17.1 Å². The molecule has 0 radical (unpaired) electrons. The minimum atomic E-state index is 0.647. The monoisotopic (exact) mass is 177 g/mol.